The summed E-state index contributed by atoms with van der Waals surface area (Å²) >= 11 is 0. The molecule has 1 N–H and O–H groups in total. The van der Waals surface area contributed by atoms with Gasteiger partial charge in [-0.05, 0) is 67.9 Å². The smallest absolute Gasteiger partial charge is 0.231 e. The van der Waals surface area contributed by atoms with Gasteiger partial charge >= 0.3 is 0 Å². The lowest BCUT2D eigenvalue weighted by Crippen LogP contribution is -2.52. The van der Waals surface area contributed by atoms with Crippen LogP contribution in [-0.4, -0.2) is 53.1 Å². The van der Waals surface area contributed by atoms with Gasteiger partial charge in [0, 0.05) is 43.5 Å². The van der Waals surface area contributed by atoms with Crippen molar-refractivity contribution >= 4 is 23.3 Å². The number of hydrogen-bond donors (Lipinski definition) is 1. The topological polar surface area (TPSA) is 78.4 Å². The quantitative estimate of drug-likeness (QED) is 0.757. The van der Waals surface area contributed by atoms with Crippen LogP contribution < -0.4 is 10.2 Å². The predicted molar refractivity (Wildman–Crippen MR) is 123 cm³/mol. The number of benzene rings is 1. The number of carbonyl (C=O) groups is 2. The Morgan fingerprint density at radius 1 is 1.09 bits per heavy atom. The Morgan fingerprint density at radius 2 is 1.81 bits per heavy atom. The minimum Gasteiger partial charge on any atom is -0.353 e. The summed E-state index contributed by atoms with van der Waals surface area (Å²) in [7, 11) is 0. The highest BCUT2D eigenvalue weighted by molar-refractivity contribution is 5.94. The second-order valence-electron chi connectivity index (χ2n) is 9.87. The van der Waals surface area contributed by atoms with E-state index in [-0.39, 0.29) is 17.2 Å². The molecule has 1 aliphatic carbocycles. The van der Waals surface area contributed by atoms with E-state index in [0.29, 0.717) is 24.9 Å². The molecule has 2 aliphatic heterocycles. The Bertz CT molecular complexity index is 960. The van der Waals surface area contributed by atoms with Crippen molar-refractivity contribution in [1.29, 1.82) is 0 Å². The molecule has 32 heavy (non-hydrogen) atoms. The number of anilines is 2. The van der Waals surface area contributed by atoms with Crippen molar-refractivity contribution in [3.63, 3.8) is 0 Å². The maximum atomic E-state index is 12.5. The van der Waals surface area contributed by atoms with Crippen molar-refractivity contribution in [2.24, 2.45) is 17.3 Å². The maximum Gasteiger partial charge on any atom is 0.231 e. The van der Waals surface area contributed by atoms with Crippen molar-refractivity contribution < 1.29 is 9.59 Å². The first-order chi connectivity index (χ1) is 15.5. The van der Waals surface area contributed by atoms with E-state index < -0.39 is 0 Å². The van der Waals surface area contributed by atoms with Crippen LogP contribution in [0.2, 0.25) is 0 Å². The first-order valence-corrected chi connectivity index (χ1v) is 11.7. The summed E-state index contributed by atoms with van der Waals surface area (Å²) in [5.41, 5.74) is 2.08. The van der Waals surface area contributed by atoms with E-state index in [2.05, 4.69) is 44.4 Å². The molecule has 2 aromatic rings. The van der Waals surface area contributed by atoms with Gasteiger partial charge in [0.05, 0.1) is 5.92 Å². The number of hydrogen-bond acceptors (Lipinski definition) is 5. The van der Waals surface area contributed by atoms with Crippen molar-refractivity contribution in [3.8, 4) is 0 Å². The number of nitrogens with one attached hydrogen (secondary N) is 1. The second-order valence-corrected chi connectivity index (χ2v) is 9.87. The van der Waals surface area contributed by atoms with Crippen molar-refractivity contribution in [2.75, 3.05) is 36.4 Å². The average molecular weight is 434 g/mol. The van der Waals surface area contributed by atoms with Gasteiger partial charge in [-0.25, -0.2) is 0 Å². The van der Waals surface area contributed by atoms with Gasteiger partial charge in [-0.3, -0.25) is 9.59 Å². The molecule has 1 aromatic carbocycles. The molecule has 3 heterocycles. The van der Waals surface area contributed by atoms with Gasteiger partial charge in [0.1, 0.15) is 0 Å². The molecule has 0 spiro atoms. The summed E-state index contributed by atoms with van der Waals surface area (Å²) in [4.78, 5) is 29.2. The molecule has 0 radical (unpaired) electrons. The third-order valence-electron chi connectivity index (χ3n) is 7.30. The fraction of sp³-hybridized carbons (Fsp3) is 0.520. The van der Waals surface area contributed by atoms with Crippen LogP contribution in [0.25, 0.3) is 0 Å². The zero-order chi connectivity index (χ0) is 22.1. The van der Waals surface area contributed by atoms with Gasteiger partial charge in [-0.2, -0.15) is 5.10 Å². The lowest BCUT2D eigenvalue weighted by atomic mass is 9.89. The van der Waals surface area contributed by atoms with Gasteiger partial charge in [-0.15, -0.1) is 5.10 Å². The third-order valence-corrected chi connectivity index (χ3v) is 7.30. The van der Waals surface area contributed by atoms with Gasteiger partial charge in [-0.1, -0.05) is 19.1 Å². The summed E-state index contributed by atoms with van der Waals surface area (Å²) in [6, 6.07) is 12.0. The molecular weight excluding hydrogens is 402 g/mol. The summed E-state index contributed by atoms with van der Waals surface area (Å²) < 4.78 is 0. The van der Waals surface area contributed by atoms with Crippen LogP contribution in [0.4, 0.5) is 11.5 Å². The molecule has 5 rings (SSSR count). The number of likely N-dealkylation sites (tertiary alicyclic amines) is 1. The molecule has 0 unspecified atom stereocenters. The number of aromatic nitrogens is 2. The van der Waals surface area contributed by atoms with Crippen molar-refractivity contribution in [3.05, 3.63) is 48.2 Å². The number of amides is 2. The lowest BCUT2D eigenvalue weighted by Gasteiger charge is -2.38. The molecule has 0 atom stereocenters. The van der Waals surface area contributed by atoms with Crippen LogP contribution in [0, 0.1) is 17.3 Å². The molecule has 7 nitrogen and oxygen atoms in total. The number of piperidine rings is 1. The monoisotopic (exact) mass is 433 g/mol. The predicted octanol–water partition coefficient (Wildman–Crippen LogP) is 3.13. The molecular formula is C25H31N5O2. The Morgan fingerprint density at radius 3 is 2.44 bits per heavy atom. The lowest BCUT2D eigenvalue weighted by molar-refractivity contribution is -0.137. The van der Waals surface area contributed by atoms with Crippen LogP contribution in [0.3, 0.4) is 0 Å². The molecule has 3 fully saturated rings. The summed E-state index contributed by atoms with van der Waals surface area (Å²) in [6.07, 6.45) is 6.93. The van der Waals surface area contributed by atoms with E-state index in [1.165, 1.54) is 5.56 Å². The summed E-state index contributed by atoms with van der Waals surface area (Å²) in [5.74, 6) is 1.83. The van der Waals surface area contributed by atoms with E-state index in [9.17, 15) is 9.59 Å². The SMILES string of the molecule is CC1(C(=O)N2CCC(Cc3ccc(NC(=O)C4CN(c5cccnn5)C4)cc3)CC2)CC1. The molecule has 2 amide bonds. The molecule has 3 aliphatic rings. The van der Waals surface area contributed by atoms with Crippen LogP contribution in [0.15, 0.2) is 42.6 Å². The standard InChI is InChI=1S/C25H31N5O2/c1-25(10-11-25)24(32)29-13-8-19(9-14-29)15-18-4-6-21(7-5-18)27-23(31)20-16-30(17-20)22-3-2-12-26-28-22/h2-7,12,19-20H,8-11,13-17H2,1H3,(H,27,31). The Hall–Kier alpha value is -2.96. The van der Waals surface area contributed by atoms with Crippen molar-refractivity contribution in [1.82, 2.24) is 15.1 Å². The fourth-order valence-electron chi connectivity index (χ4n) is 4.72. The highest BCUT2D eigenvalue weighted by Gasteiger charge is 2.47. The Kier molecular flexibility index (Phi) is 5.57. The van der Waals surface area contributed by atoms with Gasteiger partial charge in [0.25, 0.3) is 0 Å². The highest BCUT2D eigenvalue weighted by atomic mass is 16.2. The van der Waals surface area contributed by atoms with Crippen LogP contribution in [0.5, 0.6) is 0 Å². The number of rotatable bonds is 6. The first kappa shape index (κ1) is 20.9. The molecule has 7 heteroatoms. The van der Waals surface area contributed by atoms with Gasteiger partial charge in [0.2, 0.25) is 11.8 Å². The Labute approximate surface area is 189 Å². The first-order valence-electron chi connectivity index (χ1n) is 11.7. The van der Waals surface area contributed by atoms with E-state index in [0.717, 1.165) is 56.7 Å². The number of carbonyl (C=O) groups excluding carboxylic acids is 2. The third kappa shape index (κ3) is 4.47. The minimum absolute atomic E-state index is 0.0255. The summed E-state index contributed by atoms with van der Waals surface area (Å²) in [5, 5.41) is 11.0. The van der Waals surface area contributed by atoms with Crippen LogP contribution >= 0.6 is 0 Å². The molecule has 2 saturated heterocycles. The van der Waals surface area contributed by atoms with E-state index in [1.807, 2.05) is 24.3 Å². The number of nitrogens with zero attached hydrogens (tertiary/aromatic N) is 4. The van der Waals surface area contributed by atoms with Crippen molar-refractivity contribution in [2.45, 2.75) is 39.0 Å². The van der Waals surface area contributed by atoms with Crippen LogP contribution in [-0.2, 0) is 16.0 Å². The summed E-state index contributed by atoms with van der Waals surface area (Å²) in [6.45, 7) is 5.22. The van der Waals surface area contributed by atoms with E-state index in [4.69, 9.17) is 0 Å². The zero-order valence-electron chi connectivity index (χ0n) is 18.7. The van der Waals surface area contributed by atoms with Gasteiger partial charge < -0.3 is 15.1 Å². The molecule has 1 saturated carbocycles. The van der Waals surface area contributed by atoms with Crippen LogP contribution in [0.1, 0.15) is 38.2 Å². The van der Waals surface area contributed by atoms with E-state index >= 15 is 0 Å². The van der Waals surface area contributed by atoms with Gasteiger partial charge in [0.15, 0.2) is 5.82 Å². The highest BCUT2D eigenvalue weighted by Crippen LogP contribution is 2.47. The van der Waals surface area contributed by atoms with E-state index in [1.54, 1.807) is 6.20 Å². The molecule has 1 aromatic heterocycles. The minimum atomic E-state index is -0.0550. The largest absolute Gasteiger partial charge is 0.353 e. The average Bonchev–Trinajstić information content (AvgIpc) is 3.53. The molecule has 0 bridgehead atoms. The second kappa shape index (κ2) is 8.52. The normalized spacial score (nSPS) is 20.5. The maximum absolute atomic E-state index is 12.5. The zero-order valence-corrected chi connectivity index (χ0v) is 18.7. The fourth-order valence-corrected chi connectivity index (χ4v) is 4.72. The Balaban J connectivity index is 1.06. The molecule has 168 valence electrons.